The third-order valence-electron chi connectivity index (χ3n) is 2.23. The van der Waals surface area contributed by atoms with Gasteiger partial charge >= 0.3 is 6.36 Å². The van der Waals surface area contributed by atoms with E-state index in [0.29, 0.717) is 5.16 Å². The zero-order chi connectivity index (χ0) is 15.5. The number of thioether (sulfide) groups is 1. The summed E-state index contributed by atoms with van der Waals surface area (Å²) in [5.41, 5.74) is 0.122. The first kappa shape index (κ1) is 15.7. The summed E-state index contributed by atoms with van der Waals surface area (Å²) < 4.78 is 41.0. The predicted molar refractivity (Wildman–Crippen MR) is 75.2 cm³/mol. The second-order valence-corrected chi connectivity index (χ2v) is 4.89. The van der Waals surface area contributed by atoms with Gasteiger partial charge in [-0.15, -0.1) is 13.2 Å². The van der Waals surface area contributed by atoms with E-state index < -0.39 is 6.36 Å². The van der Waals surface area contributed by atoms with Crippen LogP contribution >= 0.6 is 23.4 Å². The summed E-state index contributed by atoms with van der Waals surface area (Å²) in [4.78, 5) is 8.05. The third-order valence-corrected chi connectivity index (χ3v) is 2.97. The van der Waals surface area contributed by atoms with E-state index in [1.807, 2.05) is 0 Å². The van der Waals surface area contributed by atoms with Crippen molar-refractivity contribution in [1.82, 2.24) is 9.97 Å². The minimum Gasteiger partial charge on any atom is -0.404 e. The van der Waals surface area contributed by atoms with Crippen molar-refractivity contribution in [3.8, 4) is 5.75 Å². The summed E-state index contributed by atoms with van der Waals surface area (Å²) >= 11 is 7.09. The van der Waals surface area contributed by atoms with Crippen molar-refractivity contribution in [2.75, 3.05) is 11.6 Å². The largest absolute Gasteiger partial charge is 0.573 e. The molecular formula is C12H9ClF3N3OS. The summed E-state index contributed by atoms with van der Waals surface area (Å²) in [5.74, 6) is -0.0805. The van der Waals surface area contributed by atoms with Crippen LogP contribution in [0.4, 0.5) is 24.7 Å². The van der Waals surface area contributed by atoms with Crippen LogP contribution in [0.15, 0.2) is 35.5 Å². The van der Waals surface area contributed by atoms with Gasteiger partial charge < -0.3 is 10.1 Å². The molecule has 0 aliphatic rings. The average Bonchev–Trinajstić information content (AvgIpc) is 2.38. The number of hydrogen-bond donors (Lipinski definition) is 1. The van der Waals surface area contributed by atoms with Gasteiger partial charge in [0.2, 0.25) is 0 Å². The van der Waals surface area contributed by atoms with Gasteiger partial charge in [0.05, 0.1) is 5.69 Å². The molecule has 1 aromatic heterocycles. The fraction of sp³-hybridized carbons (Fsp3) is 0.167. The van der Waals surface area contributed by atoms with E-state index in [1.165, 1.54) is 36.0 Å². The van der Waals surface area contributed by atoms with Crippen molar-refractivity contribution >= 4 is 34.9 Å². The molecule has 9 heteroatoms. The van der Waals surface area contributed by atoms with Crippen LogP contribution in [-0.4, -0.2) is 22.6 Å². The fourth-order valence-electron chi connectivity index (χ4n) is 1.47. The van der Waals surface area contributed by atoms with E-state index in [2.05, 4.69) is 20.0 Å². The van der Waals surface area contributed by atoms with Crippen LogP contribution in [0, 0.1) is 0 Å². The molecule has 2 aromatic rings. The molecule has 1 aromatic carbocycles. The van der Waals surface area contributed by atoms with Crippen LogP contribution in [0.1, 0.15) is 0 Å². The molecule has 0 atom stereocenters. The van der Waals surface area contributed by atoms with E-state index in [1.54, 1.807) is 12.3 Å². The molecule has 1 heterocycles. The molecule has 2 rings (SSSR count). The first-order valence-electron chi connectivity index (χ1n) is 5.58. The van der Waals surface area contributed by atoms with Crippen LogP contribution in [0.2, 0.25) is 5.15 Å². The van der Waals surface area contributed by atoms with Crippen LogP contribution in [0.5, 0.6) is 5.75 Å². The van der Waals surface area contributed by atoms with E-state index in [-0.39, 0.29) is 22.4 Å². The number of nitrogens with zero attached hydrogens (tertiary/aromatic N) is 2. The molecule has 0 aliphatic carbocycles. The normalized spacial score (nSPS) is 11.3. The van der Waals surface area contributed by atoms with Crippen LogP contribution in [0.3, 0.4) is 0 Å². The summed E-state index contributed by atoms with van der Waals surface area (Å²) in [6.07, 6.45) is -3.01. The predicted octanol–water partition coefficient (Wildman–Crippen LogP) is 4.49. The minimum absolute atomic E-state index is 0.122. The van der Waals surface area contributed by atoms with Crippen LogP contribution in [-0.2, 0) is 0 Å². The number of alkyl halides is 3. The number of nitrogens with one attached hydrogen (secondary N) is 1. The summed E-state index contributed by atoms with van der Waals surface area (Å²) in [5, 5.41) is 3.32. The highest BCUT2D eigenvalue weighted by Crippen LogP contribution is 2.32. The van der Waals surface area contributed by atoms with Crippen molar-refractivity contribution in [1.29, 1.82) is 0 Å². The van der Waals surface area contributed by atoms with Crippen molar-refractivity contribution in [2.45, 2.75) is 11.5 Å². The van der Waals surface area contributed by atoms with Crippen molar-refractivity contribution < 1.29 is 17.9 Å². The Morgan fingerprint density at radius 3 is 2.62 bits per heavy atom. The molecule has 0 fully saturated rings. The third kappa shape index (κ3) is 4.68. The number of anilines is 2. The quantitative estimate of drug-likeness (QED) is 0.506. The lowest BCUT2D eigenvalue weighted by molar-refractivity contribution is -0.274. The highest BCUT2D eigenvalue weighted by Gasteiger charge is 2.32. The van der Waals surface area contributed by atoms with Crippen molar-refractivity contribution in [3.05, 3.63) is 35.5 Å². The lowest BCUT2D eigenvalue weighted by atomic mass is 10.3. The number of ether oxygens (including phenoxy) is 1. The van der Waals surface area contributed by atoms with Crippen molar-refractivity contribution in [3.63, 3.8) is 0 Å². The number of halogens is 4. The summed E-state index contributed by atoms with van der Waals surface area (Å²) in [6.45, 7) is 0. The Balaban J connectivity index is 2.29. The Morgan fingerprint density at radius 2 is 1.95 bits per heavy atom. The maximum absolute atomic E-state index is 12.3. The SMILES string of the molecule is CSc1nc(Cl)cc(Nc2ccccc2OC(F)(F)F)n1. The number of para-hydroxylation sites is 2. The van der Waals surface area contributed by atoms with E-state index in [0.717, 1.165) is 0 Å². The van der Waals surface area contributed by atoms with Gasteiger partial charge in [-0.25, -0.2) is 9.97 Å². The van der Waals surface area contributed by atoms with Crippen LogP contribution < -0.4 is 10.1 Å². The fourth-order valence-corrected chi connectivity index (χ4v) is 2.09. The zero-order valence-electron chi connectivity index (χ0n) is 10.6. The van der Waals surface area contributed by atoms with Gasteiger partial charge in [-0.2, -0.15) is 0 Å². The molecule has 112 valence electrons. The Labute approximate surface area is 127 Å². The summed E-state index contributed by atoms with van der Waals surface area (Å²) in [7, 11) is 0. The molecule has 0 bridgehead atoms. The zero-order valence-corrected chi connectivity index (χ0v) is 12.2. The molecule has 1 N–H and O–H groups in total. The number of benzene rings is 1. The Morgan fingerprint density at radius 1 is 1.24 bits per heavy atom. The van der Waals surface area contributed by atoms with Gasteiger partial charge in [-0.1, -0.05) is 35.5 Å². The Bertz CT molecular complexity index is 639. The highest BCUT2D eigenvalue weighted by atomic mass is 35.5. The number of rotatable bonds is 4. The van der Waals surface area contributed by atoms with E-state index in [9.17, 15) is 13.2 Å². The van der Waals surface area contributed by atoms with Gasteiger partial charge in [0.25, 0.3) is 0 Å². The molecule has 0 radical (unpaired) electrons. The molecule has 0 unspecified atom stereocenters. The highest BCUT2D eigenvalue weighted by molar-refractivity contribution is 7.98. The molecular weight excluding hydrogens is 327 g/mol. The maximum atomic E-state index is 12.3. The first-order valence-corrected chi connectivity index (χ1v) is 7.18. The van der Waals surface area contributed by atoms with Gasteiger partial charge in [0.15, 0.2) is 10.9 Å². The molecule has 0 saturated heterocycles. The lowest BCUT2D eigenvalue weighted by Gasteiger charge is -2.14. The lowest BCUT2D eigenvalue weighted by Crippen LogP contribution is -2.17. The Hall–Kier alpha value is -1.67. The summed E-state index contributed by atoms with van der Waals surface area (Å²) in [6, 6.07) is 7.06. The van der Waals surface area contributed by atoms with Crippen LogP contribution in [0.25, 0.3) is 0 Å². The Kier molecular flexibility index (Phi) is 4.79. The smallest absolute Gasteiger partial charge is 0.404 e. The minimum atomic E-state index is -4.77. The van der Waals surface area contributed by atoms with Gasteiger partial charge in [0, 0.05) is 6.07 Å². The molecule has 0 saturated carbocycles. The molecule has 4 nitrogen and oxygen atoms in total. The van der Waals surface area contributed by atoms with E-state index >= 15 is 0 Å². The standard InChI is InChI=1S/C12H9ClF3N3OS/c1-21-11-18-9(13)6-10(19-11)17-7-4-2-3-5-8(7)20-12(14,15)16/h2-6H,1H3,(H,17,18,19). The molecule has 0 aliphatic heterocycles. The van der Waals surface area contributed by atoms with Gasteiger partial charge in [-0.05, 0) is 18.4 Å². The number of hydrogen-bond acceptors (Lipinski definition) is 5. The van der Waals surface area contributed by atoms with Gasteiger partial charge in [-0.3, -0.25) is 0 Å². The van der Waals surface area contributed by atoms with Gasteiger partial charge in [0.1, 0.15) is 11.0 Å². The van der Waals surface area contributed by atoms with E-state index in [4.69, 9.17) is 11.6 Å². The second kappa shape index (κ2) is 6.40. The monoisotopic (exact) mass is 335 g/mol. The van der Waals surface area contributed by atoms with Crippen molar-refractivity contribution in [2.24, 2.45) is 0 Å². The maximum Gasteiger partial charge on any atom is 0.573 e. The average molecular weight is 336 g/mol. The molecule has 21 heavy (non-hydrogen) atoms. The molecule has 0 spiro atoms. The molecule has 0 amide bonds. The first-order chi connectivity index (χ1) is 9.87. The second-order valence-electron chi connectivity index (χ2n) is 3.73. The topological polar surface area (TPSA) is 47.0 Å². The number of aromatic nitrogens is 2.